The van der Waals surface area contributed by atoms with Gasteiger partial charge in [-0.05, 0) is 13.8 Å². The molecule has 0 unspecified atom stereocenters. The van der Waals surface area contributed by atoms with Crippen LogP contribution < -0.4 is 0 Å². The maximum absolute atomic E-state index is 12.7. The molecule has 20 heavy (non-hydrogen) atoms. The van der Waals surface area contributed by atoms with Gasteiger partial charge in [0.25, 0.3) is 0 Å². The standard InChI is InChI=1S/C10H12F3N3O4/c1-3-19-6(17)5-16-7(9(18)20-4-2)8(14-15-16)10(11,12)13/h3-5H2,1-2H3. The van der Waals surface area contributed by atoms with E-state index in [9.17, 15) is 22.8 Å². The Balaban J connectivity index is 3.15. The highest BCUT2D eigenvalue weighted by Crippen LogP contribution is 2.30. The van der Waals surface area contributed by atoms with Crippen LogP contribution in [0.2, 0.25) is 0 Å². The Bertz CT molecular complexity index is 498. The molecule has 7 nitrogen and oxygen atoms in total. The van der Waals surface area contributed by atoms with E-state index < -0.39 is 36.0 Å². The molecule has 0 N–H and O–H groups in total. The number of hydrogen-bond donors (Lipinski definition) is 0. The third kappa shape index (κ3) is 3.68. The van der Waals surface area contributed by atoms with Crippen LogP contribution in [-0.2, 0) is 27.0 Å². The van der Waals surface area contributed by atoms with Crippen molar-refractivity contribution in [2.45, 2.75) is 26.6 Å². The summed E-state index contributed by atoms with van der Waals surface area (Å²) in [6.07, 6.45) is -4.88. The fourth-order valence-electron chi connectivity index (χ4n) is 1.35. The van der Waals surface area contributed by atoms with E-state index >= 15 is 0 Å². The van der Waals surface area contributed by atoms with Gasteiger partial charge in [0.15, 0.2) is 5.69 Å². The molecule has 0 fully saturated rings. The first-order valence-corrected chi connectivity index (χ1v) is 5.64. The van der Waals surface area contributed by atoms with Crippen molar-refractivity contribution in [3.05, 3.63) is 11.4 Å². The summed E-state index contributed by atoms with van der Waals surface area (Å²) >= 11 is 0. The number of esters is 2. The highest BCUT2D eigenvalue weighted by atomic mass is 19.4. The van der Waals surface area contributed by atoms with Crippen LogP contribution in [-0.4, -0.2) is 40.1 Å². The van der Waals surface area contributed by atoms with E-state index in [1.165, 1.54) is 13.8 Å². The molecule has 0 aliphatic rings. The van der Waals surface area contributed by atoms with E-state index in [-0.39, 0.29) is 13.2 Å². The summed E-state index contributed by atoms with van der Waals surface area (Å²) in [4.78, 5) is 22.8. The van der Waals surface area contributed by atoms with Crippen molar-refractivity contribution in [3.63, 3.8) is 0 Å². The zero-order valence-electron chi connectivity index (χ0n) is 10.7. The Hall–Kier alpha value is -2.13. The monoisotopic (exact) mass is 295 g/mol. The molecular formula is C10H12F3N3O4. The number of alkyl halides is 3. The molecule has 0 saturated heterocycles. The van der Waals surface area contributed by atoms with Crippen LogP contribution in [0.1, 0.15) is 30.0 Å². The summed E-state index contributed by atoms with van der Waals surface area (Å²) in [5.74, 6) is -2.09. The van der Waals surface area contributed by atoms with Crippen LogP contribution in [0.25, 0.3) is 0 Å². The van der Waals surface area contributed by atoms with Gasteiger partial charge in [-0.25, -0.2) is 9.48 Å². The Morgan fingerprint density at radius 3 is 2.30 bits per heavy atom. The van der Waals surface area contributed by atoms with Crippen LogP contribution in [0.15, 0.2) is 0 Å². The van der Waals surface area contributed by atoms with Gasteiger partial charge in [0.2, 0.25) is 5.69 Å². The van der Waals surface area contributed by atoms with Gasteiger partial charge in [0.05, 0.1) is 13.2 Å². The number of carbonyl (C=O) groups is 2. The number of aromatic nitrogens is 3. The maximum atomic E-state index is 12.7. The zero-order valence-corrected chi connectivity index (χ0v) is 10.7. The first kappa shape index (κ1) is 15.9. The lowest BCUT2D eigenvalue weighted by Gasteiger charge is -2.08. The zero-order chi connectivity index (χ0) is 15.3. The second-order valence-corrected chi connectivity index (χ2v) is 3.47. The van der Waals surface area contributed by atoms with Crippen LogP contribution >= 0.6 is 0 Å². The summed E-state index contributed by atoms with van der Waals surface area (Å²) in [7, 11) is 0. The lowest BCUT2D eigenvalue weighted by atomic mass is 10.3. The molecule has 0 bridgehead atoms. The third-order valence-corrected chi connectivity index (χ3v) is 2.06. The fourth-order valence-corrected chi connectivity index (χ4v) is 1.35. The van der Waals surface area contributed by atoms with Gasteiger partial charge >= 0.3 is 18.1 Å². The van der Waals surface area contributed by atoms with Gasteiger partial charge in [-0.3, -0.25) is 4.79 Å². The summed E-state index contributed by atoms with van der Waals surface area (Å²) in [5, 5.41) is 6.04. The van der Waals surface area contributed by atoms with Crippen molar-refractivity contribution in [1.29, 1.82) is 0 Å². The van der Waals surface area contributed by atoms with Crippen molar-refractivity contribution < 1.29 is 32.2 Å². The van der Waals surface area contributed by atoms with Crippen molar-refractivity contribution >= 4 is 11.9 Å². The molecule has 0 atom stereocenters. The van der Waals surface area contributed by atoms with E-state index in [0.29, 0.717) is 4.68 Å². The molecular weight excluding hydrogens is 283 g/mol. The van der Waals surface area contributed by atoms with Crippen molar-refractivity contribution in [2.24, 2.45) is 0 Å². The molecule has 0 amide bonds. The van der Waals surface area contributed by atoms with Gasteiger partial charge in [0, 0.05) is 0 Å². The summed E-state index contributed by atoms with van der Waals surface area (Å²) in [5.41, 5.74) is -2.42. The van der Waals surface area contributed by atoms with E-state index in [4.69, 9.17) is 0 Å². The highest BCUT2D eigenvalue weighted by Gasteiger charge is 2.41. The minimum absolute atomic E-state index is 0.0500. The number of hydrogen-bond acceptors (Lipinski definition) is 6. The molecule has 0 aliphatic heterocycles. The Labute approximate surface area is 111 Å². The van der Waals surface area contributed by atoms with E-state index in [0.717, 1.165) is 0 Å². The van der Waals surface area contributed by atoms with Crippen LogP contribution in [0.4, 0.5) is 13.2 Å². The minimum Gasteiger partial charge on any atom is -0.465 e. The Kier molecular flexibility index (Phi) is 5.06. The van der Waals surface area contributed by atoms with Crippen LogP contribution in [0, 0.1) is 0 Å². The smallest absolute Gasteiger partial charge is 0.437 e. The lowest BCUT2D eigenvalue weighted by molar-refractivity contribution is -0.145. The molecule has 0 spiro atoms. The number of halogens is 3. The number of nitrogens with zero attached hydrogens (tertiary/aromatic N) is 3. The van der Waals surface area contributed by atoms with E-state index in [1.807, 2.05) is 0 Å². The van der Waals surface area contributed by atoms with Gasteiger partial charge in [0.1, 0.15) is 6.54 Å². The minimum atomic E-state index is -4.88. The molecule has 1 heterocycles. The molecule has 1 aromatic rings. The quantitative estimate of drug-likeness (QED) is 0.755. The second-order valence-electron chi connectivity index (χ2n) is 3.47. The van der Waals surface area contributed by atoms with Crippen molar-refractivity contribution in [1.82, 2.24) is 15.0 Å². The SMILES string of the molecule is CCOC(=O)Cn1nnc(C(F)(F)F)c1C(=O)OCC. The lowest BCUT2D eigenvalue weighted by Crippen LogP contribution is -2.22. The van der Waals surface area contributed by atoms with Gasteiger partial charge in [-0.1, -0.05) is 5.21 Å². The van der Waals surface area contributed by atoms with E-state index in [1.54, 1.807) is 0 Å². The molecule has 1 aromatic heterocycles. The third-order valence-electron chi connectivity index (χ3n) is 2.06. The van der Waals surface area contributed by atoms with E-state index in [2.05, 4.69) is 19.8 Å². The predicted molar refractivity (Wildman–Crippen MR) is 57.6 cm³/mol. The molecule has 0 saturated carbocycles. The maximum Gasteiger partial charge on any atom is 0.437 e. The molecule has 1 rings (SSSR count). The topological polar surface area (TPSA) is 83.3 Å². The number of ether oxygens (including phenoxy) is 2. The van der Waals surface area contributed by atoms with Gasteiger partial charge in [-0.2, -0.15) is 13.2 Å². The largest absolute Gasteiger partial charge is 0.465 e. The number of rotatable bonds is 5. The summed E-state index contributed by atoms with van der Waals surface area (Å²) in [6.45, 7) is 2.23. The summed E-state index contributed by atoms with van der Waals surface area (Å²) < 4.78 is 47.7. The molecule has 0 radical (unpaired) electrons. The van der Waals surface area contributed by atoms with Gasteiger partial charge < -0.3 is 9.47 Å². The van der Waals surface area contributed by atoms with Crippen molar-refractivity contribution in [3.8, 4) is 0 Å². The van der Waals surface area contributed by atoms with Crippen LogP contribution in [0.5, 0.6) is 0 Å². The average Bonchev–Trinajstić information content (AvgIpc) is 2.73. The Morgan fingerprint density at radius 2 is 1.80 bits per heavy atom. The van der Waals surface area contributed by atoms with Gasteiger partial charge in [-0.15, -0.1) is 5.10 Å². The van der Waals surface area contributed by atoms with Crippen molar-refractivity contribution in [2.75, 3.05) is 13.2 Å². The average molecular weight is 295 g/mol. The fraction of sp³-hybridized carbons (Fsp3) is 0.600. The second kappa shape index (κ2) is 6.35. The number of carbonyl (C=O) groups excluding carboxylic acids is 2. The molecule has 0 aliphatic carbocycles. The highest BCUT2D eigenvalue weighted by molar-refractivity contribution is 5.89. The first-order valence-electron chi connectivity index (χ1n) is 5.64. The summed E-state index contributed by atoms with van der Waals surface area (Å²) in [6, 6.07) is 0. The normalized spacial score (nSPS) is 11.2. The predicted octanol–water partition coefficient (Wildman–Crippen LogP) is 1.04. The molecule has 112 valence electrons. The molecule has 10 heteroatoms. The Morgan fingerprint density at radius 1 is 1.20 bits per heavy atom. The van der Waals surface area contributed by atoms with Crippen LogP contribution in [0.3, 0.4) is 0 Å². The first-order chi connectivity index (χ1) is 9.31. The molecule has 0 aromatic carbocycles.